The molecule has 2 aromatic rings. The fourth-order valence-electron chi connectivity index (χ4n) is 3.40. The molecule has 21 heavy (non-hydrogen) atoms. The van der Waals surface area contributed by atoms with Crippen LogP contribution in [-0.2, 0) is 11.3 Å². The first-order chi connectivity index (χ1) is 10.0. The van der Waals surface area contributed by atoms with Crippen molar-refractivity contribution in [2.45, 2.75) is 52.4 Å². The second-order valence-corrected chi connectivity index (χ2v) is 6.52. The Morgan fingerprint density at radius 2 is 2.05 bits per heavy atom. The molecule has 1 saturated heterocycles. The van der Waals surface area contributed by atoms with Crippen LogP contribution < -0.4 is 0 Å². The number of pyridine rings is 1. The average Bonchev–Trinajstić information content (AvgIpc) is 2.77. The standard InChI is InChI=1S/C17H25N3O/c1-11(2)16-15(14-6-5-7-18-17(14)19-16)10-20-8-12(3)21-13(4)9-20/h5-7,11-13H,8-10H2,1-4H3,(H,18,19)/t12-,13-/m0/s1. The fourth-order valence-corrected chi connectivity index (χ4v) is 3.40. The van der Waals surface area contributed by atoms with Crippen molar-refractivity contribution in [3.05, 3.63) is 29.6 Å². The van der Waals surface area contributed by atoms with Crippen LogP contribution in [0.4, 0.5) is 0 Å². The summed E-state index contributed by atoms with van der Waals surface area (Å²) in [4.78, 5) is 10.5. The number of H-pyrrole nitrogens is 1. The highest BCUT2D eigenvalue weighted by Crippen LogP contribution is 2.28. The predicted molar refractivity (Wildman–Crippen MR) is 85.5 cm³/mol. The second kappa shape index (κ2) is 5.78. The van der Waals surface area contributed by atoms with Gasteiger partial charge in [0.2, 0.25) is 0 Å². The van der Waals surface area contributed by atoms with Gasteiger partial charge in [-0.2, -0.15) is 0 Å². The van der Waals surface area contributed by atoms with E-state index in [0.717, 1.165) is 25.3 Å². The molecule has 0 saturated carbocycles. The number of nitrogens with one attached hydrogen (secondary N) is 1. The van der Waals surface area contributed by atoms with E-state index in [1.165, 1.54) is 16.6 Å². The zero-order valence-corrected chi connectivity index (χ0v) is 13.4. The maximum Gasteiger partial charge on any atom is 0.137 e. The van der Waals surface area contributed by atoms with E-state index in [1.54, 1.807) is 0 Å². The highest BCUT2D eigenvalue weighted by atomic mass is 16.5. The molecule has 0 amide bonds. The molecule has 1 aliphatic heterocycles. The molecule has 3 rings (SSSR count). The molecule has 2 atom stereocenters. The minimum absolute atomic E-state index is 0.305. The first kappa shape index (κ1) is 14.5. The molecule has 2 aromatic heterocycles. The summed E-state index contributed by atoms with van der Waals surface area (Å²) in [7, 11) is 0. The first-order valence-electron chi connectivity index (χ1n) is 7.88. The van der Waals surface area contributed by atoms with Crippen molar-refractivity contribution >= 4 is 11.0 Å². The van der Waals surface area contributed by atoms with Crippen LogP contribution in [0, 0.1) is 0 Å². The molecular weight excluding hydrogens is 262 g/mol. The van der Waals surface area contributed by atoms with E-state index in [2.05, 4.69) is 48.6 Å². The maximum atomic E-state index is 5.84. The van der Waals surface area contributed by atoms with Crippen molar-refractivity contribution in [1.82, 2.24) is 14.9 Å². The third-order valence-corrected chi connectivity index (χ3v) is 4.17. The summed E-state index contributed by atoms with van der Waals surface area (Å²) in [5.41, 5.74) is 3.72. The normalized spacial score (nSPS) is 24.0. The second-order valence-electron chi connectivity index (χ2n) is 6.52. The van der Waals surface area contributed by atoms with E-state index in [1.807, 2.05) is 12.3 Å². The smallest absolute Gasteiger partial charge is 0.137 e. The summed E-state index contributed by atoms with van der Waals surface area (Å²) >= 11 is 0. The van der Waals surface area contributed by atoms with Crippen LogP contribution in [0.3, 0.4) is 0 Å². The van der Waals surface area contributed by atoms with Gasteiger partial charge in [-0.1, -0.05) is 13.8 Å². The van der Waals surface area contributed by atoms with Crippen LogP contribution in [0.15, 0.2) is 18.3 Å². The summed E-state index contributed by atoms with van der Waals surface area (Å²) < 4.78 is 5.84. The third-order valence-electron chi connectivity index (χ3n) is 4.17. The monoisotopic (exact) mass is 287 g/mol. The van der Waals surface area contributed by atoms with Gasteiger partial charge in [0.05, 0.1) is 12.2 Å². The van der Waals surface area contributed by atoms with Gasteiger partial charge in [-0.15, -0.1) is 0 Å². The van der Waals surface area contributed by atoms with Crippen molar-refractivity contribution in [3.8, 4) is 0 Å². The molecule has 4 heteroatoms. The summed E-state index contributed by atoms with van der Waals surface area (Å²) in [6, 6.07) is 4.20. The number of hydrogen-bond acceptors (Lipinski definition) is 3. The molecule has 0 aromatic carbocycles. The molecule has 3 heterocycles. The minimum atomic E-state index is 0.305. The molecule has 4 nitrogen and oxygen atoms in total. The molecule has 1 aliphatic rings. The fraction of sp³-hybridized carbons (Fsp3) is 0.588. The van der Waals surface area contributed by atoms with Crippen molar-refractivity contribution < 1.29 is 4.74 Å². The van der Waals surface area contributed by atoms with E-state index in [9.17, 15) is 0 Å². The predicted octanol–water partition coefficient (Wildman–Crippen LogP) is 3.30. The molecule has 1 N–H and O–H groups in total. The van der Waals surface area contributed by atoms with Crippen LogP contribution in [0.2, 0.25) is 0 Å². The van der Waals surface area contributed by atoms with Crippen molar-refractivity contribution in [3.63, 3.8) is 0 Å². The van der Waals surface area contributed by atoms with Crippen LogP contribution in [0.25, 0.3) is 11.0 Å². The van der Waals surface area contributed by atoms with Gasteiger partial charge in [0.15, 0.2) is 0 Å². The Bertz CT molecular complexity index is 610. The number of rotatable bonds is 3. The Kier molecular flexibility index (Phi) is 4.00. The molecule has 0 spiro atoms. The Morgan fingerprint density at radius 3 is 2.71 bits per heavy atom. The van der Waals surface area contributed by atoms with E-state index >= 15 is 0 Å². The summed E-state index contributed by atoms with van der Waals surface area (Å²) in [5.74, 6) is 0.477. The lowest BCUT2D eigenvalue weighted by Gasteiger charge is -2.35. The molecule has 0 radical (unpaired) electrons. The maximum absolute atomic E-state index is 5.84. The Labute approximate surface area is 126 Å². The third kappa shape index (κ3) is 2.97. The number of hydrogen-bond donors (Lipinski definition) is 1. The average molecular weight is 287 g/mol. The van der Waals surface area contributed by atoms with Crippen LogP contribution >= 0.6 is 0 Å². The molecule has 0 bridgehead atoms. The van der Waals surface area contributed by atoms with Crippen LogP contribution in [0.5, 0.6) is 0 Å². The Balaban J connectivity index is 1.93. The molecule has 114 valence electrons. The van der Waals surface area contributed by atoms with Gasteiger partial charge in [0.25, 0.3) is 0 Å². The number of aromatic amines is 1. The minimum Gasteiger partial charge on any atom is -0.373 e. The lowest BCUT2D eigenvalue weighted by Crippen LogP contribution is -2.44. The summed E-state index contributed by atoms with van der Waals surface area (Å²) in [6.07, 6.45) is 2.46. The van der Waals surface area contributed by atoms with E-state index < -0.39 is 0 Å². The number of nitrogens with zero attached hydrogens (tertiary/aromatic N) is 2. The quantitative estimate of drug-likeness (QED) is 0.941. The van der Waals surface area contributed by atoms with Gasteiger partial charge < -0.3 is 9.72 Å². The van der Waals surface area contributed by atoms with E-state index in [4.69, 9.17) is 4.74 Å². The highest BCUT2D eigenvalue weighted by Gasteiger charge is 2.24. The summed E-state index contributed by atoms with van der Waals surface area (Å²) in [5, 5.41) is 1.26. The Hall–Kier alpha value is -1.39. The van der Waals surface area contributed by atoms with E-state index in [-0.39, 0.29) is 0 Å². The molecule has 1 fully saturated rings. The zero-order valence-electron chi connectivity index (χ0n) is 13.4. The molecule has 0 unspecified atom stereocenters. The largest absolute Gasteiger partial charge is 0.373 e. The number of morpholine rings is 1. The lowest BCUT2D eigenvalue weighted by molar-refractivity contribution is -0.0704. The number of aromatic nitrogens is 2. The summed E-state index contributed by atoms with van der Waals surface area (Å²) in [6.45, 7) is 11.7. The topological polar surface area (TPSA) is 41.2 Å². The number of ether oxygens (including phenoxy) is 1. The van der Waals surface area contributed by atoms with E-state index in [0.29, 0.717) is 18.1 Å². The van der Waals surface area contributed by atoms with Crippen LogP contribution in [0.1, 0.15) is 44.9 Å². The first-order valence-corrected chi connectivity index (χ1v) is 7.88. The number of fused-ring (bicyclic) bond motifs is 1. The molecule has 0 aliphatic carbocycles. The van der Waals surface area contributed by atoms with Gasteiger partial charge in [-0.05, 0) is 37.5 Å². The van der Waals surface area contributed by atoms with Gasteiger partial charge >= 0.3 is 0 Å². The lowest BCUT2D eigenvalue weighted by atomic mass is 10.0. The SMILES string of the molecule is CC(C)c1[nH]c2ncccc2c1CN1C[C@H](C)O[C@@H](C)C1. The van der Waals surface area contributed by atoms with Crippen LogP contribution in [-0.4, -0.2) is 40.2 Å². The van der Waals surface area contributed by atoms with Crippen molar-refractivity contribution in [2.24, 2.45) is 0 Å². The van der Waals surface area contributed by atoms with Gasteiger partial charge in [0.1, 0.15) is 5.65 Å². The van der Waals surface area contributed by atoms with Crippen molar-refractivity contribution in [1.29, 1.82) is 0 Å². The van der Waals surface area contributed by atoms with Gasteiger partial charge in [0, 0.05) is 36.9 Å². The van der Waals surface area contributed by atoms with Crippen molar-refractivity contribution in [2.75, 3.05) is 13.1 Å². The highest BCUT2D eigenvalue weighted by molar-refractivity contribution is 5.81. The molecular formula is C17H25N3O. The van der Waals surface area contributed by atoms with Gasteiger partial charge in [-0.3, -0.25) is 4.90 Å². The zero-order chi connectivity index (χ0) is 15.0. The Morgan fingerprint density at radius 1 is 1.33 bits per heavy atom. The van der Waals surface area contributed by atoms with Gasteiger partial charge in [-0.25, -0.2) is 4.98 Å².